The number of aryl methyl sites for hydroxylation is 1. The van der Waals surface area contributed by atoms with Crippen LogP contribution in [0.4, 0.5) is 10.5 Å². The first-order chi connectivity index (χ1) is 20.9. The normalized spacial score (nSPS) is 21.0. The van der Waals surface area contributed by atoms with E-state index in [1.54, 1.807) is 45.0 Å². The van der Waals surface area contributed by atoms with Crippen LogP contribution in [0.3, 0.4) is 0 Å². The number of fused-ring (bicyclic) bond motifs is 1. The fourth-order valence-corrected chi connectivity index (χ4v) is 5.30. The number of primary amides is 1. The second-order valence-electron chi connectivity index (χ2n) is 10.8. The van der Waals surface area contributed by atoms with Crippen molar-refractivity contribution < 1.29 is 43.2 Å². The third-order valence-electron chi connectivity index (χ3n) is 7.51. The summed E-state index contributed by atoms with van der Waals surface area (Å²) in [6.07, 6.45) is -6.04. The van der Waals surface area contributed by atoms with Crippen molar-refractivity contribution in [2.24, 2.45) is 5.73 Å². The highest BCUT2D eigenvalue weighted by molar-refractivity contribution is 6.06. The smallest absolute Gasteiger partial charge is 0.404 e. The summed E-state index contributed by atoms with van der Waals surface area (Å²) in [7, 11) is 1.38. The van der Waals surface area contributed by atoms with Crippen LogP contribution in [0, 0.1) is 6.92 Å². The zero-order valence-corrected chi connectivity index (χ0v) is 24.4. The quantitative estimate of drug-likeness (QED) is 0.225. The number of anilines is 1. The topological polar surface area (TPSA) is 180 Å². The van der Waals surface area contributed by atoms with Gasteiger partial charge >= 0.3 is 11.7 Å². The van der Waals surface area contributed by atoms with Crippen molar-refractivity contribution in [1.29, 1.82) is 0 Å². The highest BCUT2D eigenvalue weighted by Crippen LogP contribution is 2.38. The van der Waals surface area contributed by atoms with Crippen LogP contribution in [0.2, 0.25) is 0 Å². The number of benzene rings is 3. The minimum Gasteiger partial charge on any atom is -0.505 e. The Kier molecular flexibility index (Phi) is 8.33. The minimum atomic E-state index is -1.50. The molecule has 0 bridgehead atoms. The molecule has 1 fully saturated rings. The molecule has 0 aliphatic carbocycles. The van der Waals surface area contributed by atoms with E-state index in [1.165, 1.54) is 19.2 Å². The van der Waals surface area contributed by atoms with Gasteiger partial charge in [-0.2, -0.15) is 0 Å². The highest BCUT2D eigenvalue weighted by Gasteiger charge is 2.53. The monoisotopic (exact) mass is 604 g/mol. The van der Waals surface area contributed by atoms with Gasteiger partial charge in [0.25, 0.3) is 5.91 Å². The summed E-state index contributed by atoms with van der Waals surface area (Å²) in [5, 5.41) is 24.5. The third-order valence-corrected chi connectivity index (χ3v) is 7.51. The number of methoxy groups -OCH3 is 1. The van der Waals surface area contributed by atoms with Crippen LogP contribution in [-0.4, -0.2) is 59.5 Å². The van der Waals surface area contributed by atoms with E-state index in [0.717, 1.165) is 11.1 Å². The van der Waals surface area contributed by atoms with Crippen LogP contribution in [0.1, 0.15) is 29.8 Å². The van der Waals surface area contributed by atoms with Gasteiger partial charge in [0, 0.05) is 18.2 Å². The van der Waals surface area contributed by atoms with E-state index in [1.807, 2.05) is 30.3 Å². The Balaban J connectivity index is 1.39. The van der Waals surface area contributed by atoms with Crippen LogP contribution in [0.5, 0.6) is 11.5 Å². The lowest BCUT2D eigenvalue weighted by atomic mass is 9.89. The lowest BCUT2D eigenvalue weighted by molar-refractivity contribution is -0.304. The maximum atomic E-state index is 13.0. The van der Waals surface area contributed by atoms with E-state index in [9.17, 15) is 24.6 Å². The van der Waals surface area contributed by atoms with E-state index >= 15 is 0 Å². The first kappa shape index (κ1) is 30.5. The standard InChI is InChI=1S/C32H32N2O10/c1-16-21(41-30-24(36)26(43-31(33)39)27(40-4)32(2,3)44-30)15-14-20-23(35)22(29(38)42-25(16)20)34-28(37)19-12-10-18(11-13-19)17-8-6-5-7-9-17/h5-15,24,26-27,30,35-36H,1-4H3,(H2,33,39)(H,34,37)/t24-,26+,27-,30-/m1/s1. The second kappa shape index (κ2) is 12.0. The molecule has 2 amide bonds. The van der Waals surface area contributed by atoms with Crippen molar-refractivity contribution in [3.8, 4) is 22.6 Å². The molecule has 2 heterocycles. The number of carbonyl (C=O) groups excluding carboxylic acids is 2. The molecule has 3 aromatic carbocycles. The van der Waals surface area contributed by atoms with Gasteiger partial charge in [-0.25, -0.2) is 9.59 Å². The van der Waals surface area contributed by atoms with Gasteiger partial charge in [-0.3, -0.25) is 4.79 Å². The van der Waals surface area contributed by atoms with Gasteiger partial charge < -0.3 is 44.6 Å². The first-order valence-corrected chi connectivity index (χ1v) is 13.7. The molecule has 4 aromatic rings. The molecule has 0 saturated carbocycles. The maximum absolute atomic E-state index is 13.0. The van der Waals surface area contributed by atoms with Gasteiger partial charge in [-0.1, -0.05) is 42.5 Å². The molecule has 1 aromatic heterocycles. The number of nitrogens with two attached hydrogens (primary N) is 1. The van der Waals surface area contributed by atoms with Gasteiger partial charge in [0.1, 0.15) is 17.4 Å². The average molecular weight is 605 g/mol. The van der Waals surface area contributed by atoms with Crippen molar-refractivity contribution in [3.63, 3.8) is 0 Å². The van der Waals surface area contributed by atoms with E-state index in [0.29, 0.717) is 5.56 Å². The molecule has 12 heteroatoms. The van der Waals surface area contributed by atoms with Gasteiger partial charge in [-0.05, 0) is 56.2 Å². The number of amides is 2. The van der Waals surface area contributed by atoms with E-state index in [-0.39, 0.29) is 22.3 Å². The molecule has 12 nitrogen and oxygen atoms in total. The molecule has 0 unspecified atom stereocenters. The minimum absolute atomic E-state index is 0.0144. The Hall–Kier alpha value is -4.91. The number of hydrogen-bond acceptors (Lipinski definition) is 10. The van der Waals surface area contributed by atoms with Gasteiger partial charge in [0.2, 0.25) is 6.29 Å². The van der Waals surface area contributed by atoms with Gasteiger partial charge in [0.05, 0.1) is 11.0 Å². The third kappa shape index (κ3) is 5.82. The van der Waals surface area contributed by atoms with Crippen LogP contribution in [0.15, 0.2) is 75.9 Å². The molecule has 5 rings (SSSR count). The predicted octanol–water partition coefficient (Wildman–Crippen LogP) is 4.08. The molecule has 0 spiro atoms. The predicted molar refractivity (Wildman–Crippen MR) is 160 cm³/mol. The first-order valence-electron chi connectivity index (χ1n) is 13.7. The van der Waals surface area contributed by atoms with Crippen LogP contribution in [-0.2, 0) is 14.2 Å². The van der Waals surface area contributed by atoms with E-state index in [4.69, 9.17) is 29.1 Å². The number of carbonyl (C=O) groups is 2. The summed E-state index contributed by atoms with van der Waals surface area (Å²) in [6, 6.07) is 19.3. The van der Waals surface area contributed by atoms with Gasteiger partial charge in [-0.15, -0.1) is 0 Å². The Morgan fingerprint density at radius 1 is 1.00 bits per heavy atom. The summed E-state index contributed by atoms with van der Waals surface area (Å²) in [4.78, 5) is 37.4. The van der Waals surface area contributed by atoms with E-state index < -0.39 is 59.3 Å². The summed E-state index contributed by atoms with van der Waals surface area (Å²) in [5.41, 5.74) is 5.15. The number of ether oxygens (including phenoxy) is 4. The summed E-state index contributed by atoms with van der Waals surface area (Å²) >= 11 is 0. The molecule has 44 heavy (non-hydrogen) atoms. The Morgan fingerprint density at radius 2 is 1.66 bits per heavy atom. The highest BCUT2D eigenvalue weighted by atomic mass is 16.7. The number of aromatic hydroxyl groups is 1. The molecular weight excluding hydrogens is 572 g/mol. The fraction of sp³-hybridized carbons (Fsp3) is 0.281. The van der Waals surface area contributed by atoms with Crippen molar-refractivity contribution in [2.75, 3.05) is 12.4 Å². The second-order valence-corrected chi connectivity index (χ2v) is 10.8. The molecule has 4 atom stereocenters. The zero-order chi connectivity index (χ0) is 31.8. The average Bonchev–Trinajstić information content (AvgIpc) is 2.99. The summed E-state index contributed by atoms with van der Waals surface area (Å²) < 4.78 is 27.9. The zero-order valence-electron chi connectivity index (χ0n) is 24.4. The van der Waals surface area contributed by atoms with Gasteiger partial charge in [0.15, 0.2) is 23.6 Å². The molecular formula is C32H32N2O10. The Bertz CT molecular complexity index is 1750. The fourth-order valence-electron chi connectivity index (χ4n) is 5.30. The Labute approximate surface area is 251 Å². The number of hydrogen-bond donors (Lipinski definition) is 4. The molecule has 0 radical (unpaired) electrons. The molecule has 5 N–H and O–H groups in total. The van der Waals surface area contributed by atoms with Crippen molar-refractivity contribution >= 4 is 28.7 Å². The maximum Gasteiger partial charge on any atom is 0.404 e. The molecule has 1 aliphatic rings. The number of rotatable bonds is 7. The Morgan fingerprint density at radius 3 is 2.30 bits per heavy atom. The molecule has 1 aliphatic heterocycles. The largest absolute Gasteiger partial charge is 0.505 e. The number of nitrogens with one attached hydrogen (secondary N) is 1. The van der Waals surface area contributed by atoms with Crippen LogP contribution in [0.25, 0.3) is 22.1 Å². The SMILES string of the molecule is CO[C@@H]1[C@@H](OC(N)=O)[C@@H](O)[C@H](Oc2ccc3c(O)c(NC(=O)c4ccc(-c5ccccc5)cc4)c(=O)oc3c2C)OC1(C)C. The molecule has 230 valence electrons. The van der Waals surface area contributed by atoms with Crippen LogP contribution < -0.4 is 21.4 Å². The molecule has 1 saturated heterocycles. The lowest BCUT2D eigenvalue weighted by Gasteiger charge is -2.47. The van der Waals surface area contributed by atoms with Crippen molar-refractivity contribution in [2.45, 2.75) is 51.0 Å². The summed E-state index contributed by atoms with van der Waals surface area (Å²) in [5.74, 6) is -0.964. The van der Waals surface area contributed by atoms with E-state index in [2.05, 4.69) is 5.32 Å². The number of aliphatic hydroxyl groups is 1. The van der Waals surface area contributed by atoms with Crippen LogP contribution >= 0.6 is 0 Å². The number of aliphatic hydroxyl groups excluding tert-OH is 1. The summed E-state index contributed by atoms with van der Waals surface area (Å²) in [6.45, 7) is 4.90. The van der Waals surface area contributed by atoms with Crippen molar-refractivity contribution in [1.82, 2.24) is 0 Å². The lowest BCUT2D eigenvalue weighted by Crippen LogP contribution is -2.65. The van der Waals surface area contributed by atoms with Crippen molar-refractivity contribution in [3.05, 3.63) is 88.3 Å².